The molecule has 176 valence electrons. The molecule has 0 aliphatic heterocycles. The molecule has 0 saturated carbocycles. The van der Waals surface area contributed by atoms with E-state index in [1.807, 2.05) is 44.2 Å². The molecular formula is C25H40O3S3. The van der Waals surface area contributed by atoms with E-state index in [2.05, 4.69) is 6.92 Å². The van der Waals surface area contributed by atoms with Gasteiger partial charge in [-0.3, -0.25) is 4.79 Å². The van der Waals surface area contributed by atoms with Crippen LogP contribution in [0.2, 0.25) is 0 Å². The third-order valence-electron chi connectivity index (χ3n) is 4.88. The second kappa shape index (κ2) is 17.8. The molecule has 31 heavy (non-hydrogen) atoms. The van der Waals surface area contributed by atoms with Gasteiger partial charge >= 0.3 is 5.97 Å². The molecule has 0 aliphatic rings. The van der Waals surface area contributed by atoms with Crippen molar-refractivity contribution in [1.82, 2.24) is 0 Å². The van der Waals surface area contributed by atoms with Gasteiger partial charge in [-0.2, -0.15) is 0 Å². The average Bonchev–Trinajstić information content (AvgIpc) is 2.75. The molecule has 1 aromatic carbocycles. The van der Waals surface area contributed by atoms with Crippen molar-refractivity contribution < 1.29 is 14.3 Å². The molecule has 0 unspecified atom stereocenters. The molecule has 0 atom stereocenters. The zero-order valence-corrected chi connectivity index (χ0v) is 22.0. The Labute approximate surface area is 203 Å². The summed E-state index contributed by atoms with van der Waals surface area (Å²) in [5.41, 5.74) is 0. The number of para-hydroxylation sites is 1. The topological polar surface area (TPSA) is 35.5 Å². The van der Waals surface area contributed by atoms with Gasteiger partial charge in [0, 0.05) is 0 Å². The third kappa shape index (κ3) is 14.9. The van der Waals surface area contributed by atoms with Gasteiger partial charge in [-0.25, -0.2) is 0 Å². The van der Waals surface area contributed by atoms with Crippen LogP contribution in [-0.2, 0) is 9.53 Å². The molecule has 1 rings (SSSR count). The minimum Gasteiger partial charge on any atom is -0.490 e. The molecule has 0 aromatic heterocycles. The average molecular weight is 485 g/mol. The predicted molar refractivity (Wildman–Crippen MR) is 141 cm³/mol. The van der Waals surface area contributed by atoms with Crippen LogP contribution in [0.4, 0.5) is 0 Å². The normalized spacial score (nSPS) is 11.3. The summed E-state index contributed by atoms with van der Waals surface area (Å²) in [6.07, 6.45) is 13.4. The fourth-order valence-corrected chi connectivity index (χ4v) is 6.07. The summed E-state index contributed by atoms with van der Waals surface area (Å²) in [4.78, 5) is 12.4. The Balaban J connectivity index is 2.05. The number of benzene rings is 1. The Bertz CT molecular complexity index is 605. The summed E-state index contributed by atoms with van der Waals surface area (Å²) in [5, 5.41) is 0. The SMILES string of the molecule is CCCCCCCCCCCCSC(=S)SC(C)(C)C(=O)OCCOc1ccccc1. The highest BCUT2D eigenvalue weighted by molar-refractivity contribution is 8.47. The van der Waals surface area contributed by atoms with E-state index in [-0.39, 0.29) is 12.6 Å². The van der Waals surface area contributed by atoms with E-state index in [4.69, 9.17) is 21.7 Å². The molecule has 0 bridgehead atoms. The second-order valence-corrected chi connectivity index (χ2v) is 12.1. The van der Waals surface area contributed by atoms with Crippen LogP contribution in [0.15, 0.2) is 30.3 Å². The van der Waals surface area contributed by atoms with Crippen molar-refractivity contribution in [2.24, 2.45) is 0 Å². The van der Waals surface area contributed by atoms with E-state index in [0.29, 0.717) is 6.61 Å². The Morgan fingerprint density at radius 3 is 2.10 bits per heavy atom. The van der Waals surface area contributed by atoms with Gasteiger partial charge < -0.3 is 9.47 Å². The summed E-state index contributed by atoms with van der Waals surface area (Å²) in [6, 6.07) is 9.52. The predicted octanol–water partition coefficient (Wildman–Crippen LogP) is 8.06. The van der Waals surface area contributed by atoms with Crippen LogP contribution in [-0.4, -0.2) is 33.2 Å². The monoisotopic (exact) mass is 484 g/mol. The van der Waals surface area contributed by atoms with Crippen LogP contribution in [0.1, 0.15) is 85.0 Å². The van der Waals surface area contributed by atoms with Gasteiger partial charge in [0.2, 0.25) is 0 Å². The molecule has 3 nitrogen and oxygen atoms in total. The number of carbonyl (C=O) groups excluding carboxylic acids is 1. The number of esters is 1. The van der Waals surface area contributed by atoms with Gasteiger partial charge in [-0.1, -0.05) is 107 Å². The Morgan fingerprint density at radius 2 is 1.48 bits per heavy atom. The van der Waals surface area contributed by atoms with Crippen LogP contribution in [0, 0.1) is 0 Å². The molecule has 0 aliphatic carbocycles. The summed E-state index contributed by atoms with van der Waals surface area (Å²) >= 11 is 8.59. The molecule has 0 amide bonds. The van der Waals surface area contributed by atoms with Gasteiger partial charge in [-0.05, 0) is 38.2 Å². The van der Waals surface area contributed by atoms with Gasteiger partial charge in [0.05, 0.1) is 0 Å². The lowest BCUT2D eigenvalue weighted by molar-refractivity contribution is -0.146. The number of thioether (sulfide) groups is 2. The van der Waals surface area contributed by atoms with Gasteiger partial charge in [0.25, 0.3) is 0 Å². The highest BCUT2D eigenvalue weighted by Gasteiger charge is 2.31. The van der Waals surface area contributed by atoms with Gasteiger partial charge in [0.1, 0.15) is 27.2 Å². The molecule has 0 fully saturated rings. The molecule has 0 heterocycles. The van der Waals surface area contributed by atoms with E-state index in [0.717, 1.165) is 15.0 Å². The van der Waals surface area contributed by atoms with Crippen molar-refractivity contribution in [3.63, 3.8) is 0 Å². The fourth-order valence-electron chi connectivity index (χ4n) is 3.01. The maximum absolute atomic E-state index is 12.4. The van der Waals surface area contributed by atoms with E-state index >= 15 is 0 Å². The summed E-state index contributed by atoms with van der Waals surface area (Å²) < 4.78 is 11.1. The number of thiocarbonyl (C=S) groups is 1. The molecule has 0 radical (unpaired) electrons. The highest BCUT2D eigenvalue weighted by Crippen LogP contribution is 2.32. The first kappa shape index (κ1) is 28.3. The number of unbranched alkanes of at least 4 members (excludes halogenated alkanes) is 9. The van der Waals surface area contributed by atoms with Crippen molar-refractivity contribution in [3.05, 3.63) is 30.3 Å². The molecule has 0 N–H and O–H groups in total. The Kier molecular flexibility index (Phi) is 16.2. The largest absolute Gasteiger partial charge is 0.490 e. The number of ether oxygens (including phenoxy) is 2. The smallest absolute Gasteiger partial charge is 0.322 e. The number of hydrogen-bond donors (Lipinski definition) is 0. The Morgan fingerprint density at radius 1 is 0.903 bits per heavy atom. The lowest BCUT2D eigenvalue weighted by atomic mass is 10.1. The summed E-state index contributed by atoms with van der Waals surface area (Å²) in [7, 11) is 0. The van der Waals surface area contributed by atoms with Crippen molar-refractivity contribution in [3.8, 4) is 5.75 Å². The van der Waals surface area contributed by atoms with Crippen molar-refractivity contribution in [2.75, 3.05) is 19.0 Å². The first-order valence-electron chi connectivity index (χ1n) is 11.7. The minimum atomic E-state index is -0.686. The lowest BCUT2D eigenvalue weighted by Crippen LogP contribution is -2.32. The number of carbonyl (C=O) groups is 1. The van der Waals surface area contributed by atoms with Crippen LogP contribution in [0.25, 0.3) is 0 Å². The van der Waals surface area contributed by atoms with Crippen LogP contribution >= 0.6 is 35.7 Å². The maximum atomic E-state index is 12.4. The van der Waals surface area contributed by atoms with Gasteiger partial charge in [0.15, 0.2) is 0 Å². The minimum absolute atomic E-state index is 0.232. The molecular weight excluding hydrogens is 444 g/mol. The third-order valence-corrected chi connectivity index (χ3v) is 7.66. The fraction of sp³-hybridized carbons (Fsp3) is 0.680. The first-order chi connectivity index (χ1) is 15.0. The first-order valence-corrected chi connectivity index (χ1v) is 13.9. The Hall–Kier alpha value is -0.720. The second-order valence-electron chi connectivity index (χ2n) is 8.19. The highest BCUT2D eigenvalue weighted by atomic mass is 32.2. The number of rotatable bonds is 17. The maximum Gasteiger partial charge on any atom is 0.322 e. The zero-order valence-electron chi connectivity index (χ0n) is 19.5. The van der Waals surface area contributed by atoms with Crippen LogP contribution < -0.4 is 4.74 Å². The molecule has 0 spiro atoms. The van der Waals surface area contributed by atoms with E-state index in [9.17, 15) is 4.79 Å². The zero-order chi connectivity index (χ0) is 22.8. The summed E-state index contributed by atoms with van der Waals surface area (Å²) in [6.45, 7) is 6.57. The molecule has 0 saturated heterocycles. The van der Waals surface area contributed by atoms with E-state index in [1.54, 1.807) is 11.8 Å². The van der Waals surface area contributed by atoms with Crippen molar-refractivity contribution in [2.45, 2.75) is 89.7 Å². The number of hydrogen-bond acceptors (Lipinski definition) is 6. The standard InChI is InChI=1S/C25H40O3S3/c1-4-5-6-7-8-9-10-11-12-16-21-30-24(29)31-25(2,3)23(26)28-20-19-27-22-17-14-13-15-18-22/h13-15,17-18H,4-12,16,19-21H2,1-3H3. The van der Waals surface area contributed by atoms with Crippen LogP contribution in [0.5, 0.6) is 5.75 Å². The molecule has 1 aromatic rings. The quantitative estimate of drug-likeness (QED) is 0.126. The van der Waals surface area contributed by atoms with Crippen molar-refractivity contribution in [1.29, 1.82) is 0 Å². The van der Waals surface area contributed by atoms with Crippen LogP contribution in [0.3, 0.4) is 0 Å². The van der Waals surface area contributed by atoms with E-state index in [1.165, 1.54) is 76.0 Å². The summed E-state index contributed by atoms with van der Waals surface area (Å²) in [5.74, 6) is 1.55. The van der Waals surface area contributed by atoms with Crippen molar-refractivity contribution >= 4 is 45.2 Å². The lowest BCUT2D eigenvalue weighted by Gasteiger charge is -2.22. The van der Waals surface area contributed by atoms with E-state index < -0.39 is 4.75 Å². The molecule has 6 heteroatoms. The van der Waals surface area contributed by atoms with Gasteiger partial charge in [-0.15, -0.1) is 11.8 Å².